The van der Waals surface area contributed by atoms with E-state index in [1.165, 1.54) is 11.1 Å². The van der Waals surface area contributed by atoms with Gasteiger partial charge in [0.1, 0.15) is 5.82 Å². The molecule has 1 aromatic carbocycles. The molecule has 0 saturated heterocycles. The molecule has 0 aliphatic heterocycles. The lowest BCUT2D eigenvalue weighted by Gasteiger charge is -2.09. The van der Waals surface area contributed by atoms with E-state index in [4.69, 9.17) is 11.6 Å². The van der Waals surface area contributed by atoms with E-state index in [1.54, 1.807) is 6.20 Å². The van der Waals surface area contributed by atoms with Crippen LogP contribution < -0.4 is 5.32 Å². The maximum Gasteiger partial charge on any atom is 0.224 e. The van der Waals surface area contributed by atoms with Crippen LogP contribution in [0.3, 0.4) is 0 Å². The highest BCUT2D eigenvalue weighted by molar-refractivity contribution is 9.10. The summed E-state index contributed by atoms with van der Waals surface area (Å²) in [5, 5.41) is 3.47. The standard InChI is InChI=1S/C14H15BrClN3/c1-9(2)11-5-3-10(4-6-11)7-17-13-12(15)8-18-14(16)19-13/h3-6,8-9H,7H2,1-2H3,(H,17,18,19). The molecule has 0 unspecified atom stereocenters. The van der Waals surface area contributed by atoms with E-state index in [2.05, 4.69) is 69.3 Å². The molecule has 3 nitrogen and oxygen atoms in total. The zero-order chi connectivity index (χ0) is 13.8. The van der Waals surface area contributed by atoms with Crippen molar-refractivity contribution >= 4 is 33.3 Å². The largest absolute Gasteiger partial charge is 0.365 e. The van der Waals surface area contributed by atoms with Crippen molar-refractivity contribution < 1.29 is 0 Å². The molecule has 1 N–H and O–H groups in total. The highest BCUT2D eigenvalue weighted by Crippen LogP contribution is 2.21. The molecule has 19 heavy (non-hydrogen) atoms. The van der Waals surface area contributed by atoms with E-state index in [0.29, 0.717) is 18.3 Å². The van der Waals surface area contributed by atoms with Crippen LogP contribution in [0.5, 0.6) is 0 Å². The van der Waals surface area contributed by atoms with Gasteiger partial charge in [-0.05, 0) is 44.6 Å². The van der Waals surface area contributed by atoms with Gasteiger partial charge >= 0.3 is 0 Å². The lowest BCUT2D eigenvalue weighted by Crippen LogP contribution is -2.03. The van der Waals surface area contributed by atoms with Crippen LogP contribution in [0.25, 0.3) is 0 Å². The summed E-state index contributed by atoms with van der Waals surface area (Å²) in [5.74, 6) is 1.25. The van der Waals surface area contributed by atoms with Crippen molar-refractivity contribution in [2.24, 2.45) is 0 Å². The van der Waals surface area contributed by atoms with E-state index in [1.807, 2.05) is 0 Å². The van der Waals surface area contributed by atoms with Crippen LogP contribution in [0, 0.1) is 0 Å². The van der Waals surface area contributed by atoms with Crippen LogP contribution in [0.4, 0.5) is 5.82 Å². The van der Waals surface area contributed by atoms with E-state index in [9.17, 15) is 0 Å². The Bertz CT molecular complexity index is 555. The number of hydrogen-bond acceptors (Lipinski definition) is 3. The Labute approximate surface area is 126 Å². The van der Waals surface area contributed by atoms with Gasteiger partial charge in [-0.2, -0.15) is 4.98 Å². The topological polar surface area (TPSA) is 37.8 Å². The number of aromatic nitrogens is 2. The number of anilines is 1. The highest BCUT2D eigenvalue weighted by Gasteiger charge is 2.04. The molecule has 0 bridgehead atoms. The molecule has 0 atom stereocenters. The van der Waals surface area contributed by atoms with Crippen LogP contribution >= 0.6 is 27.5 Å². The fourth-order valence-electron chi connectivity index (χ4n) is 1.68. The van der Waals surface area contributed by atoms with Crippen molar-refractivity contribution in [2.45, 2.75) is 26.3 Å². The van der Waals surface area contributed by atoms with E-state index in [-0.39, 0.29) is 5.28 Å². The molecule has 100 valence electrons. The second-order valence-corrected chi connectivity index (χ2v) is 5.78. The minimum Gasteiger partial charge on any atom is -0.365 e. The van der Waals surface area contributed by atoms with Gasteiger partial charge in [0.25, 0.3) is 0 Å². The first-order chi connectivity index (χ1) is 9.06. The van der Waals surface area contributed by atoms with Crippen molar-refractivity contribution in [3.8, 4) is 0 Å². The van der Waals surface area contributed by atoms with Gasteiger partial charge in [0.2, 0.25) is 5.28 Å². The van der Waals surface area contributed by atoms with Gasteiger partial charge in [-0.15, -0.1) is 0 Å². The van der Waals surface area contributed by atoms with Gasteiger partial charge in [0.05, 0.1) is 4.47 Å². The zero-order valence-electron chi connectivity index (χ0n) is 10.8. The summed E-state index contributed by atoms with van der Waals surface area (Å²) in [6, 6.07) is 8.56. The number of rotatable bonds is 4. The monoisotopic (exact) mass is 339 g/mol. The van der Waals surface area contributed by atoms with Crippen molar-refractivity contribution in [3.63, 3.8) is 0 Å². The minimum atomic E-state index is 0.237. The molecule has 0 saturated carbocycles. The molecule has 5 heteroatoms. The van der Waals surface area contributed by atoms with E-state index < -0.39 is 0 Å². The molecule has 0 amide bonds. The Morgan fingerprint density at radius 1 is 1.26 bits per heavy atom. The third-order valence-electron chi connectivity index (χ3n) is 2.82. The molecule has 1 aromatic heterocycles. The molecular formula is C14H15BrClN3. The summed E-state index contributed by atoms with van der Waals surface area (Å²) in [6.07, 6.45) is 1.64. The molecule has 1 heterocycles. The van der Waals surface area contributed by atoms with Gasteiger partial charge < -0.3 is 5.32 Å². The summed E-state index contributed by atoms with van der Waals surface area (Å²) in [5.41, 5.74) is 2.54. The summed E-state index contributed by atoms with van der Waals surface area (Å²) in [6.45, 7) is 5.07. The Morgan fingerprint density at radius 2 is 1.95 bits per heavy atom. The third-order valence-corrected chi connectivity index (χ3v) is 3.58. The summed E-state index contributed by atoms with van der Waals surface area (Å²) in [7, 11) is 0. The second kappa shape index (κ2) is 6.35. The molecule has 0 spiro atoms. The average Bonchev–Trinajstić information content (AvgIpc) is 2.40. The fourth-order valence-corrected chi connectivity index (χ4v) is 2.14. The maximum absolute atomic E-state index is 5.77. The number of benzene rings is 1. The predicted octanol–water partition coefficient (Wildman–Crippen LogP) is 4.63. The van der Waals surface area contributed by atoms with Crippen LogP contribution in [0.15, 0.2) is 34.9 Å². The molecular weight excluding hydrogens is 326 g/mol. The first kappa shape index (κ1) is 14.3. The Balaban J connectivity index is 2.04. The normalized spacial score (nSPS) is 10.8. The van der Waals surface area contributed by atoms with Crippen molar-refractivity contribution in [2.75, 3.05) is 5.32 Å². The van der Waals surface area contributed by atoms with Crippen molar-refractivity contribution in [1.29, 1.82) is 0 Å². The molecule has 2 rings (SSSR count). The van der Waals surface area contributed by atoms with Crippen molar-refractivity contribution in [1.82, 2.24) is 9.97 Å². The minimum absolute atomic E-state index is 0.237. The Hall–Kier alpha value is -1.13. The predicted molar refractivity (Wildman–Crippen MR) is 82.6 cm³/mol. The van der Waals surface area contributed by atoms with Gasteiger partial charge in [-0.3, -0.25) is 0 Å². The van der Waals surface area contributed by atoms with Gasteiger partial charge in [0, 0.05) is 12.7 Å². The number of nitrogens with zero attached hydrogens (tertiary/aromatic N) is 2. The lowest BCUT2D eigenvalue weighted by molar-refractivity contribution is 0.865. The van der Waals surface area contributed by atoms with Crippen LogP contribution in [-0.2, 0) is 6.54 Å². The number of halogens is 2. The molecule has 0 aliphatic rings. The first-order valence-corrected chi connectivity index (χ1v) is 7.24. The summed E-state index contributed by atoms with van der Waals surface area (Å²) >= 11 is 9.16. The van der Waals surface area contributed by atoms with Gasteiger partial charge in [-0.25, -0.2) is 4.98 Å². The smallest absolute Gasteiger partial charge is 0.224 e. The second-order valence-electron chi connectivity index (χ2n) is 4.59. The maximum atomic E-state index is 5.77. The third kappa shape index (κ3) is 3.91. The lowest BCUT2D eigenvalue weighted by atomic mass is 10.0. The molecule has 0 radical (unpaired) electrons. The highest BCUT2D eigenvalue weighted by atomic mass is 79.9. The Morgan fingerprint density at radius 3 is 2.58 bits per heavy atom. The average molecular weight is 341 g/mol. The van der Waals surface area contributed by atoms with E-state index >= 15 is 0 Å². The molecule has 0 fully saturated rings. The summed E-state index contributed by atoms with van der Waals surface area (Å²) < 4.78 is 0.802. The van der Waals surface area contributed by atoms with Crippen LogP contribution in [0.2, 0.25) is 5.28 Å². The summed E-state index contributed by atoms with van der Waals surface area (Å²) in [4.78, 5) is 8.02. The fraction of sp³-hybridized carbons (Fsp3) is 0.286. The molecule has 0 aliphatic carbocycles. The zero-order valence-corrected chi connectivity index (χ0v) is 13.2. The van der Waals surface area contributed by atoms with Gasteiger partial charge in [-0.1, -0.05) is 38.1 Å². The SMILES string of the molecule is CC(C)c1ccc(CNc2nc(Cl)ncc2Br)cc1. The van der Waals surface area contributed by atoms with E-state index in [0.717, 1.165) is 4.47 Å². The Kier molecular flexibility index (Phi) is 4.77. The number of nitrogens with one attached hydrogen (secondary N) is 1. The van der Waals surface area contributed by atoms with Crippen LogP contribution in [0.1, 0.15) is 30.9 Å². The molecule has 2 aromatic rings. The van der Waals surface area contributed by atoms with Gasteiger partial charge in [0.15, 0.2) is 0 Å². The first-order valence-electron chi connectivity index (χ1n) is 6.07. The van der Waals surface area contributed by atoms with Crippen LogP contribution in [-0.4, -0.2) is 9.97 Å². The van der Waals surface area contributed by atoms with Crippen molar-refractivity contribution in [3.05, 3.63) is 51.3 Å². The number of hydrogen-bond donors (Lipinski definition) is 1. The quantitative estimate of drug-likeness (QED) is 0.825.